The largest absolute Gasteiger partial charge is 0.496 e. The van der Waals surface area contributed by atoms with Gasteiger partial charge < -0.3 is 9.72 Å². The summed E-state index contributed by atoms with van der Waals surface area (Å²) in [4.78, 5) is 7.96. The van der Waals surface area contributed by atoms with Gasteiger partial charge in [0.2, 0.25) is 0 Å². The molecule has 0 aliphatic heterocycles. The molecule has 2 heterocycles. The summed E-state index contributed by atoms with van der Waals surface area (Å²) in [6.07, 6.45) is 4.09. The summed E-state index contributed by atoms with van der Waals surface area (Å²) in [5.41, 5.74) is 2.83. The summed E-state index contributed by atoms with van der Waals surface area (Å²) in [5.74, 6) is 1.04. The molecular formula is C17H27IN2OSi. The quantitative estimate of drug-likeness (QED) is 0.532. The van der Waals surface area contributed by atoms with Crippen molar-refractivity contribution in [2.24, 2.45) is 0 Å². The summed E-state index contributed by atoms with van der Waals surface area (Å²) in [6.45, 7) is 14.2. The Morgan fingerprint density at radius 3 is 2.09 bits per heavy atom. The number of hydrogen-bond donors (Lipinski definition) is 1. The third-order valence-corrected chi connectivity index (χ3v) is 13.0. The Morgan fingerprint density at radius 1 is 1.09 bits per heavy atom. The van der Waals surface area contributed by atoms with Crippen molar-refractivity contribution in [3.05, 3.63) is 16.0 Å². The number of methoxy groups -OCH3 is 1. The van der Waals surface area contributed by atoms with E-state index in [-0.39, 0.29) is 0 Å². The van der Waals surface area contributed by atoms with Crippen molar-refractivity contribution in [2.45, 2.75) is 58.2 Å². The summed E-state index contributed by atoms with van der Waals surface area (Å²) in [6, 6.07) is 0. The van der Waals surface area contributed by atoms with E-state index >= 15 is 0 Å². The van der Waals surface area contributed by atoms with Gasteiger partial charge in [-0.2, -0.15) is 0 Å². The first kappa shape index (κ1) is 17.8. The van der Waals surface area contributed by atoms with Crippen LogP contribution in [0.3, 0.4) is 0 Å². The molecule has 122 valence electrons. The Kier molecular flexibility index (Phi) is 5.26. The standard InChI is InChI=1S/C17H27IN2OSi/c1-10(2)22(11(3)4,12(5)6)14-9-20-17-15(16(14)21-7)13(18)8-19-17/h8-12H,1-7H3,(H,19,20). The lowest BCUT2D eigenvalue weighted by atomic mass is 10.3. The number of hydrogen-bond acceptors (Lipinski definition) is 2. The van der Waals surface area contributed by atoms with E-state index in [0.717, 1.165) is 16.8 Å². The van der Waals surface area contributed by atoms with Gasteiger partial charge in [0.1, 0.15) is 19.5 Å². The van der Waals surface area contributed by atoms with Crippen LogP contribution < -0.4 is 9.92 Å². The number of rotatable bonds is 5. The summed E-state index contributed by atoms with van der Waals surface area (Å²) < 4.78 is 7.10. The van der Waals surface area contributed by atoms with E-state index < -0.39 is 8.07 Å². The molecule has 0 radical (unpaired) electrons. The summed E-state index contributed by atoms with van der Waals surface area (Å²) >= 11 is 2.36. The third kappa shape index (κ3) is 2.50. The second-order valence-electron chi connectivity index (χ2n) is 6.96. The number of aromatic nitrogens is 2. The van der Waals surface area contributed by atoms with Gasteiger partial charge in [0.25, 0.3) is 0 Å². The zero-order valence-corrected chi connectivity index (χ0v) is 17.8. The molecule has 3 nitrogen and oxygen atoms in total. The maximum atomic E-state index is 5.92. The van der Waals surface area contributed by atoms with Crippen LogP contribution in [-0.4, -0.2) is 25.2 Å². The fourth-order valence-corrected chi connectivity index (χ4v) is 11.9. The molecule has 0 amide bonds. The Bertz CT molecular complexity index is 642. The van der Waals surface area contributed by atoms with Crippen LogP contribution in [0.25, 0.3) is 11.0 Å². The van der Waals surface area contributed by atoms with Gasteiger partial charge in [0.15, 0.2) is 0 Å². The van der Waals surface area contributed by atoms with Gasteiger partial charge in [-0.25, -0.2) is 4.98 Å². The van der Waals surface area contributed by atoms with Gasteiger partial charge in [-0.1, -0.05) is 41.5 Å². The molecule has 0 aliphatic rings. The predicted octanol–water partition coefficient (Wildman–Crippen LogP) is 5.06. The summed E-state index contributed by atoms with van der Waals surface area (Å²) in [7, 11) is 0.00569. The zero-order chi connectivity index (χ0) is 16.7. The number of fused-ring (bicyclic) bond motifs is 1. The molecule has 0 fully saturated rings. The lowest BCUT2D eigenvalue weighted by Gasteiger charge is -2.44. The molecule has 0 atom stereocenters. The smallest absolute Gasteiger partial charge is 0.142 e. The lowest BCUT2D eigenvalue weighted by Crippen LogP contribution is -2.56. The molecule has 1 N–H and O–H groups in total. The van der Waals surface area contributed by atoms with Crippen molar-refractivity contribution < 1.29 is 4.74 Å². The average Bonchev–Trinajstić information content (AvgIpc) is 2.80. The van der Waals surface area contributed by atoms with E-state index in [0.29, 0.717) is 16.6 Å². The monoisotopic (exact) mass is 430 g/mol. The van der Waals surface area contributed by atoms with Crippen LogP contribution in [0.5, 0.6) is 5.75 Å². The van der Waals surface area contributed by atoms with Gasteiger partial charge in [-0.3, -0.25) is 0 Å². The van der Waals surface area contributed by atoms with Crippen LogP contribution in [0.1, 0.15) is 41.5 Å². The number of nitrogens with one attached hydrogen (secondary N) is 1. The van der Waals surface area contributed by atoms with Crippen LogP contribution in [0.15, 0.2) is 12.4 Å². The van der Waals surface area contributed by atoms with E-state index in [9.17, 15) is 0 Å². The maximum absolute atomic E-state index is 5.92. The minimum atomic E-state index is -1.79. The molecule has 5 heteroatoms. The highest BCUT2D eigenvalue weighted by Gasteiger charge is 2.46. The maximum Gasteiger partial charge on any atom is 0.142 e. The molecule has 0 unspecified atom stereocenters. The number of H-pyrrole nitrogens is 1. The first-order chi connectivity index (χ1) is 10.3. The van der Waals surface area contributed by atoms with Crippen molar-refractivity contribution in [1.29, 1.82) is 0 Å². The van der Waals surface area contributed by atoms with Crippen LogP contribution >= 0.6 is 22.6 Å². The van der Waals surface area contributed by atoms with Crippen LogP contribution in [0.4, 0.5) is 0 Å². The van der Waals surface area contributed by atoms with Crippen molar-refractivity contribution >= 4 is 46.9 Å². The first-order valence-corrected chi connectivity index (χ1v) is 11.3. The SMILES string of the molecule is COc1c([Si](C(C)C)(C(C)C)C(C)C)cnc2[nH]cc(I)c12. The molecule has 22 heavy (non-hydrogen) atoms. The Morgan fingerprint density at radius 2 is 1.64 bits per heavy atom. The van der Waals surface area contributed by atoms with Gasteiger partial charge in [0.05, 0.1) is 12.5 Å². The van der Waals surface area contributed by atoms with Gasteiger partial charge >= 0.3 is 0 Å². The molecule has 2 rings (SSSR count). The highest BCUT2D eigenvalue weighted by atomic mass is 127. The topological polar surface area (TPSA) is 37.9 Å². The Labute approximate surface area is 148 Å². The van der Waals surface area contributed by atoms with Crippen molar-refractivity contribution in [1.82, 2.24) is 9.97 Å². The highest BCUT2D eigenvalue weighted by molar-refractivity contribution is 14.1. The predicted molar refractivity (Wildman–Crippen MR) is 106 cm³/mol. The van der Waals surface area contributed by atoms with Gasteiger partial charge in [-0.15, -0.1) is 0 Å². The zero-order valence-electron chi connectivity index (χ0n) is 14.6. The van der Waals surface area contributed by atoms with Crippen molar-refractivity contribution in [3.63, 3.8) is 0 Å². The number of halogens is 1. The van der Waals surface area contributed by atoms with Gasteiger partial charge in [0, 0.05) is 21.2 Å². The number of aromatic amines is 1. The number of pyridine rings is 1. The lowest BCUT2D eigenvalue weighted by molar-refractivity contribution is 0.422. The van der Waals surface area contributed by atoms with E-state index in [1.807, 2.05) is 6.20 Å². The minimum absolute atomic E-state index is 0.636. The summed E-state index contributed by atoms with van der Waals surface area (Å²) in [5, 5.41) is 2.51. The number of nitrogens with zero attached hydrogens (tertiary/aromatic N) is 1. The normalized spacial score (nSPS) is 12.9. The van der Waals surface area contributed by atoms with E-state index in [4.69, 9.17) is 9.72 Å². The van der Waals surface area contributed by atoms with Crippen molar-refractivity contribution in [3.8, 4) is 5.75 Å². The molecular weight excluding hydrogens is 403 g/mol. The van der Waals surface area contributed by atoms with Crippen LogP contribution in [-0.2, 0) is 0 Å². The fraction of sp³-hybridized carbons (Fsp3) is 0.588. The molecule has 0 aliphatic carbocycles. The van der Waals surface area contributed by atoms with E-state index in [1.54, 1.807) is 7.11 Å². The molecule has 0 saturated heterocycles. The first-order valence-electron chi connectivity index (χ1n) is 7.98. The molecule has 0 saturated carbocycles. The van der Waals surface area contributed by atoms with Crippen molar-refractivity contribution in [2.75, 3.05) is 7.11 Å². The fourth-order valence-electron chi connectivity index (χ4n) is 4.48. The average molecular weight is 430 g/mol. The molecule has 0 spiro atoms. The van der Waals surface area contributed by atoms with Crippen LogP contribution in [0, 0.1) is 3.57 Å². The molecule has 2 aromatic rings. The van der Waals surface area contributed by atoms with E-state index in [2.05, 4.69) is 75.3 Å². The Balaban J connectivity index is 2.88. The second-order valence-corrected chi connectivity index (χ2v) is 14.0. The third-order valence-electron chi connectivity index (χ3n) is 5.14. The highest BCUT2D eigenvalue weighted by Crippen LogP contribution is 2.43. The molecule has 2 aromatic heterocycles. The van der Waals surface area contributed by atoms with Crippen LogP contribution in [0.2, 0.25) is 16.6 Å². The molecule has 0 bridgehead atoms. The van der Waals surface area contributed by atoms with E-state index in [1.165, 1.54) is 8.76 Å². The van der Waals surface area contributed by atoms with Gasteiger partial charge in [-0.05, 0) is 39.2 Å². The Hall–Kier alpha value is -0.563. The molecule has 0 aromatic carbocycles. The number of ether oxygens (including phenoxy) is 1. The second kappa shape index (κ2) is 6.51. The minimum Gasteiger partial charge on any atom is -0.496 e.